The monoisotopic (exact) mass is 158 g/mol. The lowest BCUT2D eigenvalue weighted by Gasteiger charge is -2.31. The molecule has 1 atom stereocenters. The molecular weight excluding hydrogens is 140 g/mol. The van der Waals surface area contributed by atoms with E-state index in [4.69, 9.17) is 5.11 Å². The smallest absolute Gasteiger partial charge is 0.0558 e. The quantitative estimate of drug-likeness (QED) is 0.590. The number of hydrogen-bond acceptors (Lipinski definition) is 3. The second kappa shape index (κ2) is 4.70. The van der Waals surface area contributed by atoms with Crippen LogP contribution in [0.25, 0.3) is 0 Å². The molecule has 1 heterocycles. The van der Waals surface area contributed by atoms with Crippen molar-refractivity contribution < 1.29 is 5.11 Å². The summed E-state index contributed by atoms with van der Waals surface area (Å²) in [5.41, 5.74) is 0. The Hall–Kier alpha value is -0.120. The third kappa shape index (κ3) is 2.77. The van der Waals surface area contributed by atoms with Gasteiger partial charge in [0.15, 0.2) is 0 Å². The second-order valence-electron chi connectivity index (χ2n) is 3.20. The van der Waals surface area contributed by atoms with Crippen LogP contribution in [0.2, 0.25) is 0 Å². The van der Waals surface area contributed by atoms with Crippen LogP contribution in [0.15, 0.2) is 0 Å². The average Bonchev–Trinajstić information content (AvgIpc) is 2.07. The summed E-state index contributed by atoms with van der Waals surface area (Å²) >= 11 is 0. The van der Waals surface area contributed by atoms with Crippen molar-refractivity contribution in [3.8, 4) is 0 Å². The van der Waals surface area contributed by atoms with Crippen LogP contribution in [0.5, 0.6) is 0 Å². The molecule has 0 bridgehead atoms. The maximum absolute atomic E-state index is 8.71. The van der Waals surface area contributed by atoms with Gasteiger partial charge >= 0.3 is 0 Å². The van der Waals surface area contributed by atoms with E-state index in [9.17, 15) is 0 Å². The van der Waals surface area contributed by atoms with Crippen molar-refractivity contribution in [1.29, 1.82) is 0 Å². The summed E-state index contributed by atoms with van der Waals surface area (Å²) in [5, 5.41) is 12.1. The van der Waals surface area contributed by atoms with Crippen molar-refractivity contribution in [3.63, 3.8) is 0 Å². The Balaban J connectivity index is 2.21. The first-order chi connectivity index (χ1) is 5.34. The van der Waals surface area contributed by atoms with Crippen LogP contribution in [0.1, 0.15) is 12.8 Å². The predicted molar refractivity (Wildman–Crippen MR) is 45.6 cm³/mol. The lowest BCUT2D eigenvalue weighted by Crippen LogP contribution is -2.45. The van der Waals surface area contributed by atoms with E-state index in [1.807, 2.05) is 0 Å². The molecule has 2 N–H and O–H groups in total. The topological polar surface area (TPSA) is 35.5 Å². The van der Waals surface area contributed by atoms with Gasteiger partial charge in [0, 0.05) is 19.1 Å². The lowest BCUT2D eigenvalue weighted by molar-refractivity contribution is 0.159. The first-order valence-corrected chi connectivity index (χ1v) is 4.36. The molecule has 0 unspecified atom stereocenters. The van der Waals surface area contributed by atoms with Crippen LogP contribution >= 0.6 is 0 Å². The summed E-state index contributed by atoms with van der Waals surface area (Å²) in [5.74, 6) is 0. The SMILES string of the molecule is CN(CCO)[C@@H]1CCCNC1. The fourth-order valence-electron chi connectivity index (χ4n) is 1.55. The van der Waals surface area contributed by atoms with Crippen LogP contribution in [0.4, 0.5) is 0 Å². The van der Waals surface area contributed by atoms with E-state index < -0.39 is 0 Å². The Bertz CT molecular complexity index is 102. The van der Waals surface area contributed by atoms with Gasteiger partial charge in [0.2, 0.25) is 0 Å². The van der Waals surface area contributed by atoms with Gasteiger partial charge in [-0.25, -0.2) is 0 Å². The molecule has 0 saturated carbocycles. The number of rotatable bonds is 3. The summed E-state index contributed by atoms with van der Waals surface area (Å²) < 4.78 is 0. The minimum absolute atomic E-state index is 0.271. The first kappa shape index (κ1) is 8.97. The van der Waals surface area contributed by atoms with Crippen LogP contribution in [-0.2, 0) is 0 Å². The van der Waals surface area contributed by atoms with Gasteiger partial charge < -0.3 is 10.4 Å². The molecule has 11 heavy (non-hydrogen) atoms. The Morgan fingerprint density at radius 2 is 2.45 bits per heavy atom. The summed E-state index contributed by atoms with van der Waals surface area (Å²) in [6.45, 7) is 3.30. The molecular formula is C8H18N2O. The van der Waals surface area contributed by atoms with Crippen molar-refractivity contribution in [2.45, 2.75) is 18.9 Å². The highest BCUT2D eigenvalue weighted by Crippen LogP contribution is 2.07. The minimum atomic E-state index is 0.271. The zero-order chi connectivity index (χ0) is 8.10. The van der Waals surface area contributed by atoms with E-state index in [0.29, 0.717) is 6.04 Å². The van der Waals surface area contributed by atoms with Crippen LogP contribution < -0.4 is 5.32 Å². The zero-order valence-electron chi connectivity index (χ0n) is 7.21. The molecule has 3 nitrogen and oxygen atoms in total. The highest BCUT2D eigenvalue weighted by atomic mass is 16.3. The van der Waals surface area contributed by atoms with Crippen LogP contribution in [0.3, 0.4) is 0 Å². The van der Waals surface area contributed by atoms with E-state index in [1.165, 1.54) is 12.8 Å². The summed E-state index contributed by atoms with van der Waals surface area (Å²) in [6, 6.07) is 0.635. The number of nitrogens with one attached hydrogen (secondary N) is 1. The molecule has 1 fully saturated rings. The Morgan fingerprint density at radius 3 is 3.00 bits per heavy atom. The molecule has 1 aliphatic heterocycles. The second-order valence-corrected chi connectivity index (χ2v) is 3.20. The maximum atomic E-state index is 8.71. The van der Waals surface area contributed by atoms with Gasteiger partial charge in [-0.3, -0.25) is 4.90 Å². The number of aliphatic hydroxyl groups is 1. The Kier molecular flexibility index (Phi) is 3.83. The Morgan fingerprint density at radius 1 is 1.64 bits per heavy atom. The fraction of sp³-hybridized carbons (Fsp3) is 1.00. The van der Waals surface area contributed by atoms with Crippen molar-refractivity contribution >= 4 is 0 Å². The largest absolute Gasteiger partial charge is 0.395 e. The summed E-state index contributed by atoms with van der Waals surface area (Å²) in [7, 11) is 2.08. The Labute approximate surface area is 68.4 Å². The molecule has 1 saturated heterocycles. The zero-order valence-corrected chi connectivity index (χ0v) is 7.21. The van der Waals surface area contributed by atoms with E-state index in [-0.39, 0.29) is 6.61 Å². The summed E-state index contributed by atoms with van der Waals surface area (Å²) in [6.07, 6.45) is 2.53. The van der Waals surface area contributed by atoms with Gasteiger partial charge in [0.05, 0.1) is 6.61 Å². The predicted octanol–water partition coefficient (Wildman–Crippen LogP) is -0.338. The molecule has 0 aliphatic carbocycles. The fourth-order valence-corrected chi connectivity index (χ4v) is 1.55. The van der Waals surface area contributed by atoms with Gasteiger partial charge in [0.25, 0.3) is 0 Å². The van der Waals surface area contributed by atoms with Gasteiger partial charge in [0.1, 0.15) is 0 Å². The van der Waals surface area contributed by atoms with Crippen molar-refractivity contribution in [2.24, 2.45) is 0 Å². The average molecular weight is 158 g/mol. The van der Waals surface area contributed by atoms with E-state index in [0.717, 1.165) is 19.6 Å². The van der Waals surface area contributed by atoms with Crippen LogP contribution in [0, 0.1) is 0 Å². The molecule has 0 amide bonds. The normalized spacial score (nSPS) is 25.9. The molecule has 0 aromatic rings. The van der Waals surface area contributed by atoms with Gasteiger partial charge in [-0.1, -0.05) is 0 Å². The molecule has 3 heteroatoms. The molecule has 1 aliphatic rings. The molecule has 0 aromatic carbocycles. The first-order valence-electron chi connectivity index (χ1n) is 4.36. The molecule has 66 valence electrons. The van der Waals surface area contributed by atoms with Crippen molar-refractivity contribution in [1.82, 2.24) is 10.2 Å². The van der Waals surface area contributed by atoms with Crippen LogP contribution in [-0.4, -0.2) is 49.3 Å². The van der Waals surface area contributed by atoms with E-state index >= 15 is 0 Å². The highest BCUT2D eigenvalue weighted by Gasteiger charge is 2.16. The molecule has 1 rings (SSSR count). The standard InChI is InChI=1S/C8H18N2O/c1-10(5-6-11)8-3-2-4-9-7-8/h8-9,11H,2-7H2,1H3/t8-/m1/s1. The van der Waals surface area contributed by atoms with Crippen molar-refractivity contribution in [2.75, 3.05) is 33.3 Å². The molecule has 0 radical (unpaired) electrons. The molecule has 0 spiro atoms. The van der Waals surface area contributed by atoms with Gasteiger partial charge in [-0.2, -0.15) is 0 Å². The number of piperidine rings is 1. The van der Waals surface area contributed by atoms with Gasteiger partial charge in [-0.15, -0.1) is 0 Å². The molecule has 0 aromatic heterocycles. The third-order valence-corrected chi connectivity index (χ3v) is 2.35. The summed E-state index contributed by atoms with van der Waals surface area (Å²) in [4.78, 5) is 2.23. The lowest BCUT2D eigenvalue weighted by atomic mass is 10.1. The highest BCUT2D eigenvalue weighted by molar-refractivity contribution is 4.75. The van der Waals surface area contributed by atoms with Gasteiger partial charge in [-0.05, 0) is 26.4 Å². The number of nitrogens with zero attached hydrogens (tertiary/aromatic N) is 1. The minimum Gasteiger partial charge on any atom is -0.395 e. The third-order valence-electron chi connectivity index (χ3n) is 2.35. The van der Waals surface area contributed by atoms with E-state index in [2.05, 4.69) is 17.3 Å². The van der Waals surface area contributed by atoms with E-state index in [1.54, 1.807) is 0 Å². The number of aliphatic hydroxyl groups excluding tert-OH is 1. The number of hydrogen-bond donors (Lipinski definition) is 2. The van der Waals surface area contributed by atoms with Crippen molar-refractivity contribution in [3.05, 3.63) is 0 Å². The number of likely N-dealkylation sites (N-methyl/N-ethyl adjacent to an activating group) is 1. The maximum Gasteiger partial charge on any atom is 0.0558 e.